The minimum atomic E-state index is -4.30. The molecule has 8 nitrogen and oxygen atoms in total. The van der Waals surface area contributed by atoms with E-state index in [0.717, 1.165) is 19.3 Å². The highest BCUT2D eigenvalue weighted by Gasteiger charge is 2.27. The minimum Gasteiger partial charge on any atom is -0.387 e. The van der Waals surface area contributed by atoms with E-state index in [0.29, 0.717) is 23.9 Å². The highest BCUT2D eigenvalue weighted by molar-refractivity contribution is 7.47. The summed E-state index contributed by atoms with van der Waals surface area (Å²) in [5, 5.41) is 13.3. The van der Waals surface area contributed by atoms with Crippen molar-refractivity contribution in [2.45, 2.75) is 116 Å². The third kappa shape index (κ3) is 24.1. The van der Waals surface area contributed by atoms with Crippen LogP contribution in [0.5, 0.6) is 0 Å². The first-order valence-corrected chi connectivity index (χ1v) is 16.2. The second kappa shape index (κ2) is 22.8. The molecule has 0 aliphatic heterocycles. The number of carbonyl (C=O) groups excluding carboxylic acids is 1. The molecule has 0 spiro atoms. The van der Waals surface area contributed by atoms with Crippen LogP contribution >= 0.6 is 7.82 Å². The van der Waals surface area contributed by atoms with E-state index in [2.05, 4.69) is 24.4 Å². The molecule has 3 atom stereocenters. The van der Waals surface area contributed by atoms with E-state index in [9.17, 15) is 19.4 Å². The number of phosphoric ester groups is 1. The van der Waals surface area contributed by atoms with Crippen molar-refractivity contribution in [1.82, 2.24) is 5.32 Å². The van der Waals surface area contributed by atoms with Crippen LogP contribution < -0.4 is 5.32 Å². The Morgan fingerprint density at radius 2 is 1.45 bits per heavy atom. The van der Waals surface area contributed by atoms with Gasteiger partial charge in [0.1, 0.15) is 13.2 Å². The third-order valence-corrected chi connectivity index (χ3v) is 7.13. The van der Waals surface area contributed by atoms with Crippen LogP contribution in [-0.2, 0) is 18.4 Å². The Hall–Kier alpha value is -1.02. The quantitative estimate of drug-likeness (QED) is 0.0524. The molecule has 3 unspecified atom stereocenters. The van der Waals surface area contributed by atoms with Gasteiger partial charge in [-0.15, -0.1) is 0 Å². The first-order chi connectivity index (χ1) is 18.0. The number of likely N-dealkylation sites (N-methyl/N-ethyl adjacent to an activating group) is 1. The average molecular weight is 562 g/mol. The average Bonchev–Trinajstić information content (AvgIpc) is 2.83. The Balaban J connectivity index is 4.36. The van der Waals surface area contributed by atoms with Crippen molar-refractivity contribution in [3.8, 4) is 0 Å². The first kappa shape index (κ1) is 37.0. The van der Waals surface area contributed by atoms with Crippen molar-refractivity contribution in [1.29, 1.82) is 0 Å². The number of amides is 1. The minimum absolute atomic E-state index is 0.0548. The maximum absolute atomic E-state index is 12.2. The van der Waals surface area contributed by atoms with E-state index in [1.807, 2.05) is 34.1 Å². The van der Waals surface area contributed by atoms with E-state index < -0.39 is 20.0 Å². The fourth-order valence-corrected chi connectivity index (χ4v) is 4.48. The van der Waals surface area contributed by atoms with Crippen LogP contribution in [0.25, 0.3) is 0 Å². The number of aliphatic hydroxyl groups excluding tert-OH is 1. The Morgan fingerprint density at radius 1 is 0.868 bits per heavy atom. The van der Waals surface area contributed by atoms with Crippen molar-refractivity contribution in [2.75, 3.05) is 40.9 Å². The fourth-order valence-electron chi connectivity index (χ4n) is 3.74. The molecule has 3 N–H and O–H groups in total. The van der Waals surface area contributed by atoms with Crippen molar-refractivity contribution < 1.29 is 32.9 Å². The number of allylic oxidation sites excluding steroid dienone is 3. The van der Waals surface area contributed by atoms with E-state index in [-0.39, 0.29) is 19.1 Å². The molecule has 0 aliphatic carbocycles. The van der Waals surface area contributed by atoms with Gasteiger partial charge in [0.2, 0.25) is 5.91 Å². The number of hydrogen-bond acceptors (Lipinski definition) is 5. The lowest BCUT2D eigenvalue weighted by atomic mass is 10.1. The van der Waals surface area contributed by atoms with Crippen molar-refractivity contribution in [2.24, 2.45) is 0 Å². The van der Waals surface area contributed by atoms with Gasteiger partial charge >= 0.3 is 7.82 Å². The summed E-state index contributed by atoms with van der Waals surface area (Å²) in [5.41, 5.74) is 0. The molecule has 0 aromatic heterocycles. The Kier molecular flexibility index (Phi) is 22.1. The summed E-state index contributed by atoms with van der Waals surface area (Å²) in [6.07, 6.45) is 22.5. The molecule has 0 saturated carbocycles. The number of unbranched alkanes of at least 4 members (excludes halogenated alkanes) is 10. The zero-order chi connectivity index (χ0) is 28.7. The van der Waals surface area contributed by atoms with Crippen LogP contribution in [0.4, 0.5) is 0 Å². The maximum atomic E-state index is 12.2. The summed E-state index contributed by atoms with van der Waals surface area (Å²) in [6, 6.07) is -0.852. The zero-order valence-electron chi connectivity index (χ0n) is 24.9. The third-order valence-electron chi connectivity index (χ3n) is 6.14. The number of aliphatic hydroxyl groups is 1. The van der Waals surface area contributed by atoms with Gasteiger partial charge in [-0.25, -0.2) is 4.57 Å². The normalized spacial score (nSPS) is 15.7. The maximum Gasteiger partial charge on any atom is 0.472 e. The van der Waals surface area contributed by atoms with Crippen molar-refractivity contribution in [3.63, 3.8) is 0 Å². The molecule has 224 valence electrons. The first-order valence-electron chi connectivity index (χ1n) is 14.7. The van der Waals surface area contributed by atoms with Crippen LogP contribution in [0, 0.1) is 0 Å². The number of nitrogens with zero attached hydrogens (tertiary/aromatic N) is 1. The summed E-state index contributed by atoms with van der Waals surface area (Å²) in [4.78, 5) is 22.1. The molecule has 0 fully saturated rings. The topological polar surface area (TPSA) is 105 Å². The van der Waals surface area contributed by atoms with Gasteiger partial charge in [-0.1, -0.05) is 89.5 Å². The van der Waals surface area contributed by atoms with Gasteiger partial charge in [0.15, 0.2) is 0 Å². The van der Waals surface area contributed by atoms with E-state index >= 15 is 0 Å². The van der Waals surface area contributed by atoms with E-state index in [1.54, 1.807) is 6.08 Å². The standard InChI is InChI=1S/C29H57N2O6P/c1-6-8-9-10-11-12-13-14-15-16-17-18-19-20-21-23-28(32)27(30-29(33)22-7-2)26-37-38(34,35)36-25-24-31(3,4)5/h17-18,21,23,27-28,32H,6-16,19-20,22,24-26H2,1-5H3,(H-,30,33,34,35)/p+1/b18-17+,23-21+. The molecule has 9 heteroatoms. The van der Waals surface area contributed by atoms with Crippen LogP contribution in [0.15, 0.2) is 24.3 Å². The number of carbonyl (C=O) groups is 1. The van der Waals surface area contributed by atoms with Gasteiger partial charge in [-0.2, -0.15) is 0 Å². The summed E-state index contributed by atoms with van der Waals surface area (Å²) in [6.45, 7) is 4.38. The largest absolute Gasteiger partial charge is 0.472 e. The molecule has 0 rings (SSSR count). The molecule has 0 aromatic rings. The lowest BCUT2D eigenvalue weighted by Gasteiger charge is -2.25. The zero-order valence-corrected chi connectivity index (χ0v) is 25.8. The number of quaternary nitrogens is 1. The number of nitrogens with one attached hydrogen (secondary N) is 1. The number of phosphoric acid groups is 1. The van der Waals surface area contributed by atoms with E-state index in [4.69, 9.17) is 9.05 Å². The lowest BCUT2D eigenvalue weighted by Crippen LogP contribution is -2.45. The molecule has 0 bridgehead atoms. The van der Waals surface area contributed by atoms with Crippen LogP contribution in [0.3, 0.4) is 0 Å². The lowest BCUT2D eigenvalue weighted by molar-refractivity contribution is -0.870. The molecule has 0 radical (unpaired) electrons. The molecule has 38 heavy (non-hydrogen) atoms. The fraction of sp³-hybridized carbons (Fsp3) is 0.828. The van der Waals surface area contributed by atoms with Gasteiger partial charge < -0.3 is 19.8 Å². The van der Waals surface area contributed by atoms with Gasteiger partial charge in [0, 0.05) is 6.42 Å². The predicted molar refractivity (Wildman–Crippen MR) is 157 cm³/mol. The monoisotopic (exact) mass is 561 g/mol. The Morgan fingerprint density at radius 3 is 2.05 bits per heavy atom. The second-order valence-electron chi connectivity index (χ2n) is 11.1. The summed E-state index contributed by atoms with van der Waals surface area (Å²) in [5.74, 6) is -0.244. The second-order valence-corrected chi connectivity index (χ2v) is 12.6. The van der Waals surface area contributed by atoms with Crippen LogP contribution in [0.1, 0.15) is 104 Å². The SMILES string of the molecule is CCCCCCCCCCC/C=C/CC/C=C/C(O)C(COP(=O)(O)OCC[N+](C)(C)C)NC(=O)CCC. The number of rotatable bonds is 25. The molecular weight excluding hydrogens is 503 g/mol. The molecule has 0 saturated heterocycles. The van der Waals surface area contributed by atoms with E-state index in [1.165, 1.54) is 57.8 Å². The predicted octanol–water partition coefficient (Wildman–Crippen LogP) is 6.29. The van der Waals surface area contributed by atoms with Gasteiger partial charge in [-0.3, -0.25) is 13.8 Å². The van der Waals surface area contributed by atoms with Crippen molar-refractivity contribution in [3.05, 3.63) is 24.3 Å². The van der Waals surface area contributed by atoms with Crippen LogP contribution in [0.2, 0.25) is 0 Å². The molecule has 0 aromatic carbocycles. The summed E-state index contributed by atoms with van der Waals surface area (Å²) in [7, 11) is 1.54. The highest BCUT2D eigenvalue weighted by Crippen LogP contribution is 2.43. The Bertz CT molecular complexity index is 693. The van der Waals surface area contributed by atoms with Gasteiger partial charge in [-0.05, 0) is 32.1 Å². The molecular formula is C29H58N2O6P+. The number of hydrogen-bond donors (Lipinski definition) is 3. The van der Waals surface area contributed by atoms with Gasteiger partial charge in [0.05, 0.1) is 39.9 Å². The molecule has 0 aliphatic rings. The molecule has 1 amide bonds. The van der Waals surface area contributed by atoms with Gasteiger partial charge in [0.25, 0.3) is 0 Å². The molecule has 0 heterocycles. The van der Waals surface area contributed by atoms with Crippen LogP contribution in [-0.4, -0.2) is 73.4 Å². The smallest absolute Gasteiger partial charge is 0.387 e. The van der Waals surface area contributed by atoms with Crippen molar-refractivity contribution >= 4 is 13.7 Å². The summed E-state index contributed by atoms with van der Waals surface area (Å²) >= 11 is 0. The Labute approximate surface area is 233 Å². The highest BCUT2D eigenvalue weighted by atomic mass is 31.2. The summed E-state index contributed by atoms with van der Waals surface area (Å²) < 4.78 is 22.9.